The highest BCUT2D eigenvalue weighted by molar-refractivity contribution is 6.04. The normalized spacial score (nSPS) is 15.7. The van der Waals surface area contributed by atoms with Crippen molar-refractivity contribution >= 4 is 17.6 Å². The Morgan fingerprint density at radius 2 is 2.19 bits per heavy atom. The molecular formula is C20H17N3O4. The number of aromatic carboxylic acids is 1. The molecule has 0 aliphatic carbocycles. The Kier molecular flexibility index (Phi) is 4.12. The standard InChI is InChI=1S/C20H17N3O4/c1-27-14-6-2-5-13(8-14)23-11-16(20(25)26)18-19(23)15(9-17(24)22-18)12-4-3-7-21-10-12/h2-8,10-11,15H,9H2,1H3,(H,22,24)(H,25,26)/t15-/m1/s1. The molecule has 4 rings (SSSR count). The number of carboxylic acids is 1. The summed E-state index contributed by atoms with van der Waals surface area (Å²) >= 11 is 0. The van der Waals surface area contributed by atoms with E-state index < -0.39 is 5.97 Å². The van der Waals surface area contributed by atoms with Gasteiger partial charge in [-0.25, -0.2) is 4.79 Å². The Balaban J connectivity index is 1.97. The molecule has 0 spiro atoms. The van der Waals surface area contributed by atoms with Crippen LogP contribution >= 0.6 is 0 Å². The monoisotopic (exact) mass is 363 g/mol. The molecule has 1 atom stereocenters. The fraction of sp³-hybridized carbons (Fsp3) is 0.150. The van der Waals surface area contributed by atoms with Gasteiger partial charge in [-0.2, -0.15) is 0 Å². The van der Waals surface area contributed by atoms with Gasteiger partial charge in [-0.05, 0) is 23.8 Å². The van der Waals surface area contributed by atoms with E-state index in [1.165, 1.54) is 6.20 Å². The van der Waals surface area contributed by atoms with Crippen LogP contribution in [0.3, 0.4) is 0 Å². The molecule has 0 saturated heterocycles. The van der Waals surface area contributed by atoms with Gasteiger partial charge in [0, 0.05) is 42.7 Å². The number of amides is 1. The Hall–Kier alpha value is -3.61. The van der Waals surface area contributed by atoms with Crippen LogP contribution in [0.2, 0.25) is 0 Å². The number of carbonyl (C=O) groups excluding carboxylic acids is 1. The number of hydrogen-bond donors (Lipinski definition) is 2. The molecule has 7 nitrogen and oxygen atoms in total. The van der Waals surface area contributed by atoms with Crippen LogP contribution in [0.5, 0.6) is 5.75 Å². The lowest BCUT2D eigenvalue weighted by Crippen LogP contribution is -2.25. The van der Waals surface area contributed by atoms with Crippen molar-refractivity contribution in [2.45, 2.75) is 12.3 Å². The fourth-order valence-electron chi connectivity index (χ4n) is 3.46. The third kappa shape index (κ3) is 2.93. The van der Waals surface area contributed by atoms with Crippen LogP contribution < -0.4 is 10.1 Å². The first-order chi connectivity index (χ1) is 13.1. The Morgan fingerprint density at radius 1 is 1.33 bits per heavy atom. The van der Waals surface area contributed by atoms with Crippen molar-refractivity contribution < 1.29 is 19.4 Å². The molecule has 27 heavy (non-hydrogen) atoms. The SMILES string of the molecule is COc1cccc(-n2cc(C(=O)O)c3c2[C@@H](c2cccnc2)CC(=O)N3)c1. The number of anilines is 1. The lowest BCUT2D eigenvalue weighted by Gasteiger charge is -2.26. The second-order valence-corrected chi connectivity index (χ2v) is 6.27. The molecule has 2 aromatic heterocycles. The summed E-state index contributed by atoms with van der Waals surface area (Å²) in [5, 5.41) is 12.4. The van der Waals surface area contributed by atoms with Gasteiger partial charge in [0.05, 0.1) is 18.5 Å². The van der Waals surface area contributed by atoms with Crippen molar-refractivity contribution in [1.29, 1.82) is 0 Å². The molecule has 7 heteroatoms. The molecule has 0 unspecified atom stereocenters. The third-order valence-corrected chi connectivity index (χ3v) is 4.68. The van der Waals surface area contributed by atoms with E-state index in [2.05, 4.69) is 10.3 Å². The minimum Gasteiger partial charge on any atom is -0.497 e. The van der Waals surface area contributed by atoms with E-state index in [1.807, 2.05) is 30.3 Å². The molecule has 1 aliphatic rings. The summed E-state index contributed by atoms with van der Waals surface area (Å²) in [5.41, 5.74) is 2.70. The van der Waals surface area contributed by atoms with Crippen LogP contribution in [0, 0.1) is 0 Å². The van der Waals surface area contributed by atoms with Gasteiger partial charge >= 0.3 is 5.97 Å². The van der Waals surface area contributed by atoms with Gasteiger partial charge in [0.25, 0.3) is 0 Å². The van der Waals surface area contributed by atoms with E-state index in [0.29, 0.717) is 17.1 Å². The summed E-state index contributed by atoms with van der Waals surface area (Å²) in [6.07, 6.45) is 5.12. The van der Waals surface area contributed by atoms with E-state index in [4.69, 9.17) is 4.74 Å². The van der Waals surface area contributed by atoms with E-state index in [1.54, 1.807) is 30.1 Å². The number of aromatic nitrogens is 2. The van der Waals surface area contributed by atoms with Crippen molar-refractivity contribution in [3.05, 3.63) is 71.8 Å². The summed E-state index contributed by atoms with van der Waals surface area (Å²) in [7, 11) is 1.57. The lowest BCUT2D eigenvalue weighted by atomic mass is 9.89. The zero-order valence-electron chi connectivity index (χ0n) is 14.5. The Labute approximate surface area is 155 Å². The number of hydrogen-bond acceptors (Lipinski definition) is 4. The number of nitrogens with zero attached hydrogens (tertiary/aromatic N) is 2. The maximum absolute atomic E-state index is 12.3. The van der Waals surface area contributed by atoms with Gasteiger partial charge in [0.2, 0.25) is 5.91 Å². The molecule has 3 aromatic rings. The Bertz CT molecular complexity index is 1030. The fourth-order valence-corrected chi connectivity index (χ4v) is 3.46. The molecule has 1 amide bonds. The number of methoxy groups -OCH3 is 1. The zero-order chi connectivity index (χ0) is 19.0. The number of carboxylic acid groups (broad SMARTS) is 1. The second-order valence-electron chi connectivity index (χ2n) is 6.27. The Morgan fingerprint density at radius 3 is 2.89 bits per heavy atom. The highest BCUT2D eigenvalue weighted by atomic mass is 16.5. The van der Waals surface area contributed by atoms with Crippen LogP contribution in [0.1, 0.15) is 34.0 Å². The van der Waals surface area contributed by atoms with Gasteiger partial charge in [-0.15, -0.1) is 0 Å². The number of fused-ring (bicyclic) bond motifs is 1. The molecule has 0 fully saturated rings. The summed E-state index contributed by atoms with van der Waals surface area (Å²) in [6, 6.07) is 11.0. The van der Waals surface area contributed by atoms with Gasteiger partial charge in [0.15, 0.2) is 0 Å². The van der Waals surface area contributed by atoms with Crippen molar-refractivity contribution in [2.75, 3.05) is 12.4 Å². The number of pyridine rings is 1. The summed E-state index contributed by atoms with van der Waals surface area (Å²) in [5.74, 6) is -0.964. The highest BCUT2D eigenvalue weighted by Gasteiger charge is 2.34. The maximum Gasteiger partial charge on any atom is 0.339 e. The van der Waals surface area contributed by atoms with E-state index in [-0.39, 0.29) is 23.8 Å². The van der Waals surface area contributed by atoms with Gasteiger partial charge in [0.1, 0.15) is 11.3 Å². The molecule has 136 valence electrons. The van der Waals surface area contributed by atoms with Crippen molar-refractivity contribution in [3.8, 4) is 11.4 Å². The average molecular weight is 363 g/mol. The van der Waals surface area contributed by atoms with Crippen LogP contribution in [-0.2, 0) is 4.79 Å². The van der Waals surface area contributed by atoms with Crippen LogP contribution in [0.4, 0.5) is 5.69 Å². The first-order valence-electron chi connectivity index (χ1n) is 8.41. The molecule has 3 heterocycles. The number of nitrogens with one attached hydrogen (secondary N) is 1. The van der Waals surface area contributed by atoms with E-state index in [9.17, 15) is 14.7 Å². The predicted molar refractivity (Wildman–Crippen MR) is 98.6 cm³/mol. The van der Waals surface area contributed by atoms with Crippen LogP contribution in [0.15, 0.2) is 55.0 Å². The molecule has 1 aliphatic heterocycles. The van der Waals surface area contributed by atoms with Gasteiger partial charge in [-0.1, -0.05) is 12.1 Å². The first kappa shape index (κ1) is 16.8. The highest BCUT2D eigenvalue weighted by Crippen LogP contribution is 2.41. The lowest BCUT2D eigenvalue weighted by molar-refractivity contribution is -0.116. The third-order valence-electron chi connectivity index (χ3n) is 4.68. The zero-order valence-corrected chi connectivity index (χ0v) is 14.5. The maximum atomic E-state index is 12.3. The van der Waals surface area contributed by atoms with E-state index in [0.717, 1.165) is 11.3 Å². The molecule has 0 radical (unpaired) electrons. The quantitative estimate of drug-likeness (QED) is 0.743. The minimum absolute atomic E-state index is 0.0507. The van der Waals surface area contributed by atoms with Crippen molar-refractivity contribution in [3.63, 3.8) is 0 Å². The minimum atomic E-state index is -1.10. The number of carbonyl (C=O) groups is 2. The number of benzene rings is 1. The summed E-state index contributed by atoms with van der Waals surface area (Å²) in [4.78, 5) is 28.2. The van der Waals surface area contributed by atoms with Gasteiger partial charge in [-0.3, -0.25) is 9.78 Å². The van der Waals surface area contributed by atoms with E-state index >= 15 is 0 Å². The summed E-state index contributed by atoms with van der Waals surface area (Å²) < 4.78 is 7.10. The number of rotatable bonds is 4. The van der Waals surface area contributed by atoms with Crippen LogP contribution in [0.25, 0.3) is 5.69 Å². The van der Waals surface area contributed by atoms with Crippen molar-refractivity contribution in [2.24, 2.45) is 0 Å². The van der Waals surface area contributed by atoms with Crippen molar-refractivity contribution in [1.82, 2.24) is 9.55 Å². The topological polar surface area (TPSA) is 93.4 Å². The number of ether oxygens (including phenoxy) is 1. The molecular weight excluding hydrogens is 346 g/mol. The second kappa shape index (κ2) is 6.60. The first-order valence-corrected chi connectivity index (χ1v) is 8.41. The van der Waals surface area contributed by atoms with Crippen LogP contribution in [-0.4, -0.2) is 33.6 Å². The molecule has 0 saturated carbocycles. The molecule has 1 aromatic carbocycles. The largest absolute Gasteiger partial charge is 0.497 e. The average Bonchev–Trinajstić information content (AvgIpc) is 3.07. The molecule has 0 bridgehead atoms. The van der Waals surface area contributed by atoms with Gasteiger partial charge < -0.3 is 19.7 Å². The molecule has 2 N–H and O–H groups in total. The summed E-state index contributed by atoms with van der Waals surface area (Å²) in [6.45, 7) is 0. The smallest absolute Gasteiger partial charge is 0.339 e. The predicted octanol–water partition coefficient (Wildman–Crippen LogP) is 3.05.